The summed E-state index contributed by atoms with van der Waals surface area (Å²) in [6.45, 7) is 0. The fourth-order valence-corrected chi connectivity index (χ4v) is 1.33. The number of phenolic OH excluding ortho intramolecular Hbond substituents is 3. The zero-order chi connectivity index (χ0) is 15.3. The molecule has 0 aliphatic heterocycles. The summed E-state index contributed by atoms with van der Waals surface area (Å²) in [6, 6.07) is 6.96. The Morgan fingerprint density at radius 1 is 1.00 bits per heavy atom. The topological polar surface area (TPSA) is 158 Å². The number of nitriles is 3. The van der Waals surface area contributed by atoms with E-state index < -0.39 is 22.8 Å². The fraction of sp³-hybridized carbons (Fsp3) is 0. The number of aromatic hydroxyl groups is 3. The molecule has 0 saturated carbocycles. The summed E-state index contributed by atoms with van der Waals surface area (Å²) >= 11 is 0. The van der Waals surface area contributed by atoms with E-state index in [-0.39, 0.29) is 16.8 Å². The van der Waals surface area contributed by atoms with E-state index in [0.717, 1.165) is 18.2 Å². The van der Waals surface area contributed by atoms with Crippen LogP contribution >= 0.6 is 0 Å². The lowest BCUT2D eigenvalue weighted by molar-refractivity contribution is 0.368. The van der Waals surface area contributed by atoms with Gasteiger partial charge in [-0.05, 0) is 23.8 Å². The molecule has 1 rings (SSSR count). The molecule has 0 fully saturated rings. The van der Waals surface area contributed by atoms with E-state index in [1.54, 1.807) is 18.2 Å². The summed E-state index contributed by atoms with van der Waals surface area (Å²) in [5.74, 6) is -1.87. The molecule has 0 saturated heterocycles. The van der Waals surface area contributed by atoms with Gasteiger partial charge < -0.3 is 21.1 Å². The minimum atomic E-state index is -0.695. The molecular weight excluding hydrogens is 260 g/mol. The Balaban J connectivity index is 3.43. The Morgan fingerprint density at radius 2 is 1.50 bits per heavy atom. The molecule has 7 nitrogen and oxygen atoms in total. The summed E-state index contributed by atoms with van der Waals surface area (Å²) in [6.07, 6.45) is 1.16. The first-order valence-electron chi connectivity index (χ1n) is 5.11. The summed E-state index contributed by atoms with van der Waals surface area (Å²) in [5.41, 5.74) is 4.75. The third-order valence-corrected chi connectivity index (χ3v) is 2.31. The molecule has 98 valence electrons. The Morgan fingerprint density at radius 3 is 1.90 bits per heavy atom. The molecule has 0 bridgehead atoms. The molecule has 0 radical (unpaired) electrons. The molecule has 0 unspecified atom stereocenters. The van der Waals surface area contributed by atoms with Crippen LogP contribution < -0.4 is 5.73 Å². The molecule has 0 amide bonds. The van der Waals surface area contributed by atoms with Crippen molar-refractivity contribution in [3.05, 3.63) is 34.5 Å². The van der Waals surface area contributed by atoms with Gasteiger partial charge in [-0.2, -0.15) is 15.8 Å². The van der Waals surface area contributed by atoms with Gasteiger partial charge >= 0.3 is 0 Å². The van der Waals surface area contributed by atoms with Crippen molar-refractivity contribution < 1.29 is 15.3 Å². The second kappa shape index (κ2) is 5.81. The van der Waals surface area contributed by atoms with Crippen LogP contribution in [0.15, 0.2) is 29.0 Å². The van der Waals surface area contributed by atoms with Crippen molar-refractivity contribution in [2.45, 2.75) is 0 Å². The second-order valence-corrected chi connectivity index (χ2v) is 3.59. The van der Waals surface area contributed by atoms with E-state index in [4.69, 9.17) is 21.5 Å². The summed E-state index contributed by atoms with van der Waals surface area (Å²) in [5, 5.41) is 54.2. The number of nitrogens with zero attached hydrogens (tertiary/aromatic N) is 3. The van der Waals surface area contributed by atoms with Gasteiger partial charge in [0, 0.05) is 0 Å². The second-order valence-electron chi connectivity index (χ2n) is 3.59. The van der Waals surface area contributed by atoms with Crippen molar-refractivity contribution in [3.8, 4) is 35.5 Å². The number of hydrogen-bond donors (Lipinski definition) is 4. The maximum atomic E-state index is 9.34. The number of rotatable bonds is 2. The minimum Gasteiger partial charge on any atom is -0.504 e. The molecule has 1 aromatic carbocycles. The van der Waals surface area contributed by atoms with Gasteiger partial charge in [0.15, 0.2) is 22.8 Å². The van der Waals surface area contributed by atoms with Crippen LogP contribution in [0.1, 0.15) is 5.56 Å². The van der Waals surface area contributed by atoms with Crippen molar-refractivity contribution in [2.24, 2.45) is 5.73 Å². The van der Waals surface area contributed by atoms with Crippen molar-refractivity contribution in [1.82, 2.24) is 0 Å². The predicted molar refractivity (Wildman–Crippen MR) is 67.5 cm³/mol. The zero-order valence-corrected chi connectivity index (χ0v) is 9.99. The van der Waals surface area contributed by atoms with Crippen LogP contribution in [0.3, 0.4) is 0 Å². The Labute approximate surface area is 114 Å². The van der Waals surface area contributed by atoms with E-state index >= 15 is 0 Å². The van der Waals surface area contributed by atoms with Crippen LogP contribution in [0.4, 0.5) is 0 Å². The standard InChI is InChI=1S/C13H8N4O3/c14-4-8(12(17)9(5-15)6-16)1-7-2-10(18)13(20)11(19)3-7/h1-3,18-20H,17H2. The largest absolute Gasteiger partial charge is 0.504 e. The highest BCUT2D eigenvalue weighted by atomic mass is 16.3. The SMILES string of the molecule is N#CC(=Cc1cc(O)c(O)c(O)c1)C(N)=C(C#N)C#N. The van der Waals surface area contributed by atoms with E-state index in [1.807, 2.05) is 0 Å². The first-order chi connectivity index (χ1) is 9.44. The smallest absolute Gasteiger partial charge is 0.200 e. The van der Waals surface area contributed by atoms with Gasteiger partial charge in [-0.1, -0.05) is 0 Å². The lowest BCUT2D eigenvalue weighted by atomic mass is 10.1. The monoisotopic (exact) mass is 268 g/mol. The molecule has 20 heavy (non-hydrogen) atoms. The van der Waals surface area contributed by atoms with E-state index in [2.05, 4.69) is 0 Å². The third kappa shape index (κ3) is 2.79. The van der Waals surface area contributed by atoms with E-state index in [1.165, 1.54) is 0 Å². The fourth-order valence-electron chi connectivity index (χ4n) is 1.33. The summed E-state index contributed by atoms with van der Waals surface area (Å²) in [7, 11) is 0. The molecule has 0 aliphatic rings. The maximum absolute atomic E-state index is 9.34. The number of phenols is 3. The van der Waals surface area contributed by atoms with Gasteiger partial charge in [-0.3, -0.25) is 0 Å². The quantitative estimate of drug-likeness (QED) is 0.353. The Hall–Kier alpha value is -3.63. The van der Waals surface area contributed by atoms with Crippen LogP contribution in [-0.2, 0) is 0 Å². The lowest BCUT2D eigenvalue weighted by Crippen LogP contribution is -2.03. The normalized spacial score (nSPS) is 9.95. The predicted octanol–water partition coefficient (Wildman–Crippen LogP) is 0.970. The molecule has 0 aromatic heterocycles. The van der Waals surface area contributed by atoms with Crippen molar-refractivity contribution in [2.75, 3.05) is 0 Å². The molecule has 0 aliphatic carbocycles. The lowest BCUT2D eigenvalue weighted by Gasteiger charge is -2.04. The molecule has 5 N–H and O–H groups in total. The van der Waals surface area contributed by atoms with Gasteiger partial charge in [-0.25, -0.2) is 0 Å². The Bertz CT molecular complexity index is 703. The number of hydrogen-bond acceptors (Lipinski definition) is 7. The van der Waals surface area contributed by atoms with Crippen LogP contribution in [0.25, 0.3) is 6.08 Å². The highest BCUT2D eigenvalue weighted by Gasteiger charge is 2.11. The molecule has 1 aromatic rings. The van der Waals surface area contributed by atoms with Crippen molar-refractivity contribution in [3.63, 3.8) is 0 Å². The van der Waals surface area contributed by atoms with Crippen molar-refractivity contribution in [1.29, 1.82) is 15.8 Å². The number of nitrogens with two attached hydrogens (primary N) is 1. The first-order valence-corrected chi connectivity index (χ1v) is 5.11. The highest BCUT2D eigenvalue weighted by molar-refractivity contribution is 5.69. The molecule has 0 atom stereocenters. The highest BCUT2D eigenvalue weighted by Crippen LogP contribution is 2.36. The van der Waals surface area contributed by atoms with Gasteiger partial charge in [-0.15, -0.1) is 0 Å². The Kier molecular flexibility index (Phi) is 4.19. The van der Waals surface area contributed by atoms with Gasteiger partial charge in [0.05, 0.1) is 11.3 Å². The van der Waals surface area contributed by atoms with Gasteiger partial charge in [0.1, 0.15) is 18.2 Å². The van der Waals surface area contributed by atoms with Crippen LogP contribution in [0.2, 0.25) is 0 Å². The van der Waals surface area contributed by atoms with Crippen molar-refractivity contribution >= 4 is 6.08 Å². The van der Waals surface area contributed by atoms with Crippen LogP contribution in [-0.4, -0.2) is 15.3 Å². The number of allylic oxidation sites excluding steroid dienone is 2. The van der Waals surface area contributed by atoms with Crippen LogP contribution in [0.5, 0.6) is 17.2 Å². The zero-order valence-electron chi connectivity index (χ0n) is 9.99. The average molecular weight is 268 g/mol. The summed E-state index contributed by atoms with van der Waals surface area (Å²) < 4.78 is 0. The number of benzene rings is 1. The van der Waals surface area contributed by atoms with E-state index in [0.29, 0.717) is 0 Å². The summed E-state index contributed by atoms with van der Waals surface area (Å²) in [4.78, 5) is 0. The van der Waals surface area contributed by atoms with Gasteiger partial charge in [0.2, 0.25) is 0 Å². The minimum absolute atomic E-state index is 0.160. The van der Waals surface area contributed by atoms with E-state index in [9.17, 15) is 15.3 Å². The molecular formula is C13H8N4O3. The molecule has 0 heterocycles. The first kappa shape index (κ1) is 14.4. The average Bonchev–Trinajstić information content (AvgIpc) is 2.43. The van der Waals surface area contributed by atoms with Gasteiger partial charge in [0.25, 0.3) is 0 Å². The molecule has 0 spiro atoms. The molecule has 7 heteroatoms. The van der Waals surface area contributed by atoms with Crippen LogP contribution in [0, 0.1) is 34.0 Å². The third-order valence-electron chi connectivity index (χ3n) is 2.31. The maximum Gasteiger partial charge on any atom is 0.200 e.